The Balaban J connectivity index is 2.87. The standard InChI is InChI=1S/C14H22N2O2/c1-10(2)8-16(9-11(3)4)14(18)12-5-13(17)7-15-6-12/h5-7,10-11,17H,8-9H2,1-4H3. The largest absolute Gasteiger partial charge is 0.506 e. The third kappa shape index (κ3) is 4.35. The number of hydrogen-bond donors (Lipinski definition) is 1. The average molecular weight is 250 g/mol. The van der Waals surface area contributed by atoms with Crippen LogP contribution >= 0.6 is 0 Å². The van der Waals surface area contributed by atoms with Crippen LogP contribution in [-0.2, 0) is 0 Å². The van der Waals surface area contributed by atoms with E-state index in [9.17, 15) is 9.90 Å². The lowest BCUT2D eigenvalue weighted by molar-refractivity contribution is 0.0714. The molecule has 1 aromatic heterocycles. The van der Waals surface area contributed by atoms with Gasteiger partial charge in [-0.3, -0.25) is 9.78 Å². The fraction of sp³-hybridized carbons (Fsp3) is 0.571. The second-order valence-electron chi connectivity index (χ2n) is 5.43. The molecule has 0 aromatic carbocycles. The van der Waals surface area contributed by atoms with Crippen molar-refractivity contribution in [3.63, 3.8) is 0 Å². The zero-order chi connectivity index (χ0) is 13.7. The minimum atomic E-state index is -0.0687. The molecule has 1 rings (SSSR count). The van der Waals surface area contributed by atoms with Crippen molar-refractivity contribution in [2.75, 3.05) is 13.1 Å². The summed E-state index contributed by atoms with van der Waals surface area (Å²) in [7, 11) is 0. The molecule has 1 N–H and O–H groups in total. The minimum absolute atomic E-state index is 0.0230. The number of pyridine rings is 1. The molecule has 0 unspecified atom stereocenters. The number of amides is 1. The van der Waals surface area contributed by atoms with E-state index >= 15 is 0 Å². The van der Waals surface area contributed by atoms with Gasteiger partial charge in [0.1, 0.15) is 5.75 Å². The average Bonchev–Trinajstić information content (AvgIpc) is 2.26. The van der Waals surface area contributed by atoms with Crippen molar-refractivity contribution >= 4 is 5.91 Å². The van der Waals surface area contributed by atoms with Crippen LogP contribution in [0, 0.1) is 11.8 Å². The predicted molar refractivity (Wildman–Crippen MR) is 71.5 cm³/mol. The van der Waals surface area contributed by atoms with Crippen LogP contribution in [-0.4, -0.2) is 34.0 Å². The van der Waals surface area contributed by atoms with Crippen molar-refractivity contribution in [3.05, 3.63) is 24.0 Å². The number of nitrogens with zero attached hydrogens (tertiary/aromatic N) is 2. The first-order valence-electron chi connectivity index (χ1n) is 6.33. The molecule has 0 spiro atoms. The number of hydrogen-bond acceptors (Lipinski definition) is 3. The van der Waals surface area contributed by atoms with Gasteiger partial charge in [-0.05, 0) is 17.9 Å². The molecule has 1 heterocycles. The Morgan fingerprint density at radius 2 is 1.78 bits per heavy atom. The normalized spacial score (nSPS) is 11.0. The second kappa shape index (κ2) is 6.38. The Morgan fingerprint density at radius 1 is 1.22 bits per heavy atom. The van der Waals surface area contributed by atoms with Gasteiger partial charge >= 0.3 is 0 Å². The van der Waals surface area contributed by atoms with Crippen molar-refractivity contribution in [2.45, 2.75) is 27.7 Å². The molecule has 0 saturated heterocycles. The molecule has 0 aliphatic carbocycles. The molecule has 0 bridgehead atoms. The third-order valence-electron chi connectivity index (χ3n) is 2.43. The van der Waals surface area contributed by atoms with Crippen molar-refractivity contribution in [3.8, 4) is 5.75 Å². The summed E-state index contributed by atoms with van der Waals surface area (Å²) >= 11 is 0. The number of aromatic hydroxyl groups is 1. The summed E-state index contributed by atoms with van der Waals surface area (Å²) in [6, 6.07) is 1.46. The molecule has 0 radical (unpaired) electrons. The van der Waals surface area contributed by atoms with E-state index in [1.165, 1.54) is 18.5 Å². The Kier molecular flexibility index (Phi) is 5.13. The van der Waals surface area contributed by atoms with Gasteiger partial charge in [0, 0.05) is 19.3 Å². The quantitative estimate of drug-likeness (QED) is 0.873. The van der Waals surface area contributed by atoms with E-state index in [0.717, 1.165) is 0 Å². The van der Waals surface area contributed by atoms with Gasteiger partial charge in [0.15, 0.2) is 0 Å². The molecule has 0 aliphatic rings. The predicted octanol–water partition coefficient (Wildman–Crippen LogP) is 2.54. The van der Waals surface area contributed by atoms with E-state index in [2.05, 4.69) is 32.7 Å². The summed E-state index contributed by atoms with van der Waals surface area (Å²) in [6.45, 7) is 9.77. The van der Waals surface area contributed by atoms with Gasteiger partial charge in [-0.15, -0.1) is 0 Å². The lowest BCUT2D eigenvalue weighted by atomic mass is 10.1. The maximum atomic E-state index is 12.3. The zero-order valence-electron chi connectivity index (χ0n) is 11.6. The number of carbonyl (C=O) groups is 1. The third-order valence-corrected chi connectivity index (χ3v) is 2.43. The summed E-state index contributed by atoms with van der Waals surface area (Å²) in [6.07, 6.45) is 2.82. The summed E-state index contributed by atoms with van der Waals surface area (Å²) in [4.78, 5) is 18.0. The van der Waals surface area contributed by atoms with Crippen molar-refractivity contribution in [1.82, 2.24) is 9.88 Å². The first-order valence-corrected chi connectivity index (χ1v) is 6.33. The van der Waals surface area contributed by atoms with E-state index in [0.29, 0.717) is 30.5 Å². The molecule has 4 nitrogen and oxygen atoms in total. The molecule has 18 heavy (non-hydrogen) atoms. The van der Waals surface area contributed by atoms with E-state index in [-0.39, 0.29) is 11.7 Å². The highest BCUT2D eigenvalue weighted by atomic mass is 16.3. The summed E-state index contributed by atoms with van der Waals surface area (Å²) in [5.74, 6) is 0.784. The van der Waals surface area contributed by atoms with Crippen LogP contribution in [0.5, 0.6) is 5.75 Å². The molecule has 100 valence electrons. The number of carbonyl (C=O) groups excluding carboxylic acids is 1. The van der Waals surface area contributed by atoms with Crippen LogP contribution in [0.1, 0.15) is 38.1 Å². The Morgan fingerprint density at radius 3 is 2.22 bits per heavy atom. The Bertz CT molecular complexity index is 393. The van der Waals surface area contributed by atoms with Gasteiger partial charge in [-0.25, -0.2) is 0 Å². The molecule has 1 aromatic rings. The lowest BCUT2D eigenvalue weighted by Gasteiger charge is -2.26. The highest BCUT2D eigenvalue weighted by Crippen LogP contribution is 2.13. The van der Waals surface area contributed by atoms with Crippen LogP contribution in [0.25, 0.3) is 0 Å². The molecule has 0 saturated carbocycles. The van der Waals surface area contributed by atoms with Crippen LogP contribution in [0.3, 0.4) is 0 Å². The summed E-state index contributed by atoms with van der Waals surface area (Å²) in [5, 5.41) is 9.37. The van der Waals surface area contributed by atoms with E-state index in [4.69, 9.17) is 0 Å². The van der Waals surface area contributed by atoms with Gasteiger partial charge in [0.25, 0.3) is 5.91 Å². The fourth-order valence-corrected chi connectivity index (χ4v) is 1.85. The van der Waals surface area contributed by atoms with Crippen molar-refractivity contribution in [2.24, 2.45) is 11.8 Å². The Hall–Kier alpha value is -1.58. The second-order valence-corrected chi connectivity index (χ2v) is 5.43. The first kappa shape index (κ1) is 14.5. The van der Waals surface area contributed by atoms with E-state index in [1.807, 2.05) is 4.90 Å². The van der Waals surface area contributed by atoms with Gasteiger partial charge in [-0.1, -0.05) is 27.7 Å². The van der Waals surface area contributed by atoms with Crippen LogP contribution in [0.2, 0.25) is 0 Å². The van der Waals surface area contributed by atoms with Gasteiger partial charge in [-0.2, -0.15) is 0 Å². The molecular weight excluding hydrogens is 228 g/mol. The highest BCUT2D eigenvalue weighted by molar-refractivity contribution is 5.94. The monoisotopic (exact) mass is 250 g/mol. The van der Waals surface area contributed by atoms with E-state index < -0.39 is 0 Å². The molecule has 0 atom stereocenters. The van der Waals surface area contributed by atoms with Crippen LogP contribution in [0.4, 0.5) is 0 Å². The van der Waals surface area contributed by atoms with Crippen molar-refractivity contribution < 1.29 is 9.90 Å². The van der Waals surface area contributed by atoms with Gasteiger partial charge < -0.3 is 10.0 Å². The van der Waals surface area contributed by atoms with Gasteiger partial charge in [0.2, 0.25) is 0 Å². The smallest absolute Gasteiger partial charge is 0.255 e. The molecule has 1 amide bonds. The summed E-state index contributed by atoms with van der Waals surface area (Å²) in [5.41, 5.74) is 0.441. The molecular formula is C14H22N2O2. The van der Waals surface area contributed by atoms with Crippen LogP contribution in [0.15, 0.2) is 18.5 Å². The lowest BCUT2D eigenvalue weighted by Crippen LogP contribution is -2.37. The molecule has 4 heteroatoms. The van der Waals surface area contributed by atoms with Crippen molar-refractivity contribution in [1.29, 1.82) is 0 Å². The first-order chi connectivity index (χ1) is 8.40. The minimum Gasteiger partial charge on any atom is -0.506 e. The van der Waals surface area contributed by atoms with E-state index in [1.54, 1.807) is 0 Å². The molecule has 0 aliphatic heterocycles. The Labute approximate surface area is 109 Å². The highest BCUT2D eigenvalue weighted by Gasteiger charge is 2.18. The number of rotatable bonds is 5. The van der Waals surface area contributed by atoms with Gasteiger partial charge in [0.05, 0.1) is 11.8 Å². The zero-order valence-corrected chi connectivity index (χ0v) is 11.6. The maximum Gasteiger partial charge on any atom is 0.255 e. The maximum absolute atomic E-state index is 12.3. The summed E-state index contributed by atoms with van der Waals surface area (Å²) < 4.78 is 0. The number of aromatic nitrogens is 1. The van der Waals surface area contributed by atoms with Crippen LogP contribution < -0.4 is 0 Å². The molecule has 0 fully saturated rings. The SMILES string of the molecule is CC(C)CN(CC(C)C)C(=O)c1cncc(O)c1. The fourth-order valence-electron chi connectivity index (χ4n) is 1.85. The topological polar surface area (TPSA) is 53.4 Å².